The van der Waals surface area contributed by atoms with E-state index < -0.39 is 0 Å². The van der Waals surface area contributed by atoms with Gasteiger partial charge in [0.1, 0.15) is 5.82 Å². The molecule has 3 heterocycles. The Morgan fingerprint density at radius 3 is 2.66 bits per heavy atom. The smallest absolute Gasteiger partial charge is 0.158 e. The second-order valence-electron chi connectivity index (χ2n) is 7.81. The van der Waals surface area contributed by atoms with Crippen LogP contribution in [-0.4, -0.2) is 39.5 Å². The van der Waals surface area contributed by atoms with Crippen LogP contribution in [-0.2, 0) is 0 Å². The number of nitrogens with one attached hydrogen (secondary N) is 1. The number of aliphatic hydroxyl groups excluding tert-OH is 1. The molecule has 3 aromatic rings. The maximum absolute atomic E-state index is 13.5. The van der Waals surface area contributed by atoms with E-state index in [-0.39, 0.29) is 18.0 Å². The first kappa shape index (κ1) is 19.5. The molecule has 0 amide bonds. The van der Waals surface area contributed by atoms with E-state index in [4.69, 9.17) is 0 Å². The van der Waals surface area contributed by atoms with Crippen LogP contribution in [0.1, 0.15) is 42.6 Å². The van der Waals surface area contributed by atoms with Crippen molar-refractivity contribution >= 4 is 22.4 Å². The zero-order chi connectivity index (χ0) is 20.5. The molecule has 152 valence electrons. The van der Waals surface area contributed by atoms with Gasteiger partial charge in [0.25, 0.3) is 0 Å². The summed E-state index contributed by atoms with van der Waals surface area (Å²) in [7, 11) is 0. The van der Waals surface area contributed by atoms with Crippen molar-refractivity contribution in [2.75, 3.05) is 23.3 Å². The van der Waals surface area contributed by atoms with Crippen molar-refractivity contribution in [2.45, 2.75) is 45.8 Å². The summed E-state index contributed by atoms with van der Waals surface area (Å²) in [5.74, 6) is 0.424. The molecule has 1 fully saturated rings. The Hall–Kier alpha value is -2.80. The average Bonchev–Trinajstić information content (AvgIpc) is 2.70. The van der Waals surface area contributed by atoms with Gasteiger partial charge in [-0.3, -0.25) is 4.98 Å². The monoisotopic (exact) mass is 395 g/mol. The predicted molar refractivity (Wildman–Crippen MR) is 113 cm³/mol. The summed E-state index contributed by atoms with van der Waals surface area (Å²) in [6.07, 6.45) is 3.17. The summed E-state index contributed by atoms with van der Waals surface area (Å²) in [5.41, 5.74) is 4.50. The second-order valence-corrected chi connectivity index (χ2v) is 7.81. The molecule has 0 radical (unpaired) electrons. The summed E-state index contributed by atoms with van der Waals surface area (Å²) >= 11 is 0. The lowest BCUT2D eigenvalue weighted by molar-refractivity contribution is 0.145. The van der Waals surface area contributed by atoms with Crippen LogP contribution < -0.4 is 10.2 Å². The lowest BCUT2D eigenvalue weighted by Crippen LogP contribution is -2.35. The van der Waals surface area contributed by atoms with Gasteiger partial charge in [0, 0.05) is 18.5 Å². The highest BCUT2D eigenvalue weighted by Gasteiger charge is 2.19. The van der Waals surface area contributed by atoms with E-state index in [1.165, 1.54) is 12.1 Å². The third kappa shape index (κ3) is 4.00. The Morgan fingerprint density at radius 2 is 1.93 bits per heavy atom. The van der Waals surface area contributed by atoms with Gasteiger partial charge in [-0.2, -0.15) is 5.10 Å². The molecule has 0 bridgehead atoms. The predicted octanol–water partition coefficient (Wildman–Crippen LogP) is 3.91. The summed E-state index contributed by atoms with van der Waals surface area (Å²) in [6.45, 7) is 7.44. The van der Waals surface area contributed by atoms with Gasteiger partial charge in [0.2, 0.25) is 0 Å². The minimum atomic E-state index is -0.237. The van der Waals surface area contributed by atoms with Crippen LogP contribution in [0.3, 0.4) is 0 Å². The maximum Gasteiger partial charge on any atom is 0.158 e. The van der Waals surface area contributed by atoms with Crippen molar-refractivity contribution in [3.8, 4) is 0 Å². The molecule has 1 aliphatic rings. The number of hydrogen-bond donors (Lipinski definition) is 2. The van der Waals surface area contributed by atoms with Gasteiger partial charge in [-0.25, -0.2) is 4.39 Å². The molecule has 1 aromatic carbocycles. The number of hydrogen-bond acceptors (Lipinski definition) is 6. The number of benzene rings is 1. The SMILES string of the molecule is Cc1cc(F)ccc1[C@@H](C)Nc1nnc(C)c2ncc(N3CCC(O)CC3)cc12. The third-order valence-corrected chi connectivity index (χ3v) is 5.65. The van der Waals surface area contributed by atoms with Crippen molar-refractivity contribution in [3.05, 3.63) is 53.1 Å². The fourth-order valence-corrected chi connectivity index (χ4v) is 3.96. The molecule has 0 saturated carbocycles. The van der Waals surface area contributed by atoms with E-state index in [1.54, 1.807) is 6.07 Å². The fraction of sp³-hybridized carbons (Fsp3) is 0.409. The molecule has 1 atom stereocenters. The summed E-state index contributed by atoms with van der Waals surface area (Å²) < 4.78 is 13.5. The fourth-order valence-electron chi connectivity index (χ4n) is 3.96. The van der Waals surface area contributed by atoms with Crippen molar-refractivity contribution in [3.63, 3.8) is 0 Å². The van der Waals surface area contributed by atoms with Gasteiger partial charge in [0.15, 0.2) is 5.82 Å². The van der Waals surface area contributed by atoms with Crippen LogP contribution in [0.25, 0.3) is 10.9 Å². The quantitative estimate of drug-likeness (QED) is 0.698. The molecular formula is C22H26FN5O. The van der Waals surface area contributed by atoms with Crippen LogP contribution in [0.15, 0.2) is 30.5 Å². The van der Waals surface area contributed by atoms with Crippen molar-refractivity contribution in [2.24, 2.45) is 0 Å². The first-order chi connectivity index (χ1) is 13.9. The summed E-state index contributed by atoms with van der Waals surface area (Å²) in [4.78, 5) is 6.89. The number of aromatic nitrogens is 3. The number of fused-ring (bicyclic) bond motifs is 1. The standard InChI is InChI=1S/C22H26FN5O/c1-13-10-16(23)4-5-19(13)14(2)25-22-20-11-17(28-8-6-18(29)7-9-28)12-24-21(20)15(3)26-27-22/h4-5,10-12,14,18,29H,6-9H2,1-3H3,(H,25,27)/t14-/m1/s1. The van der Waals surface area contributed by atoms with Crippen LogP contribution in [0.2, 0.25) is 0 Å². The number of anilines is 2. The number of nitrogens with zero attached hydrogens (tertiary/aromatic N) is 4. The van der Waals surface area contributed by atoms with Crippen LogP contribution >= 0.6 is 0 Å². The Kier molecular flexibility index (Phi) is 5.32. The largest absolute Gasteiger partial charge is 0.393 e. The number of aryl methyl sites for hydroxylation is 2. The molecular weight excluding hydrogens is 369 g/mol. The number of pyridine rings is 1. The van der Waals surface area contributed by atoms with Crippen LogP contribution in [0.5, 0.6) is 0 Å². The maximum atomic E-state index is 13.5. The van der Waals surface area contributed by atoms with E-state index in [1.807, 2.05) is 27.0 Å². The number of aliphatic hydroxyl groups is 1. The number of piperidine rings is 1. The lowest BCUT2D eigenvalue weighted by atomic mass is 10.0. The summed E-state index contributed by atoms with van der Waals surface area (Å²) in [6, 6.07) is 6.84. The van der Waals surface area contributed by atoms with Gasteiger partial charge in [0.05, 0.1) is 35.2 Å². The molecule has 29 heavy (non-hydrogen) atoms. The highest BCUT2D eigenvalue weighted by molar-refractivity contribution is 5.92. The Balaban J connectivity index is 1.68. The Morgan fingerprint density at radius 1 is 1.17 bits per heavy atom. The van der Waals surface area contributed by atoms with E-state index >= 15 is 0 Å². The topological polar surface area (TPSA) is 74.2 Å². The van der Waals surface area contributed by atoms with Gasteiger partial charge in [-0.05, 0) is 62.9 Å². The zero-order valence-electron chi connectivity index (χ0n) is 17.0. The van der Waals surface area contributed by atoms with Gasteiger partial charge in [-0.15, -0.1) is 5.10 Å². The molecule has 1 saturated heterocycles. The first-order valence-corrected chi connectivity index (χ1v) is 10.0. The Labute approximate surface area is 169 Å². The first-order valence-electron chi connectivity index (χ1n) is 10.0. The average molecular weight is 395 g/mol. The van der Waals surface area contributed by atoms with Crippen LogP contribution in [0, 0.1) is 19.7 Å². The van der Waals surface area contributed by atoms with Gasteiger partial charge in [-0.1, -0.05) is 6.07 Å². The van der Waals surface area contributed by atoms with E-state index in [9.17, 15) is 9.50 Å². The molecule has 0 spiro atoms. The minimum Gasteiger partial charge on any atom is -0.393 e. The van der Waals surface area contributed by atoms with E-state index in [0.29, 0.717) is 5.82 Å². The molecule has 6 nitrogen and oxygen atoms in total. The molecule has 1 aliphatic heterocycles. The lowest BCUT2D eigenvalue weighted by Gasteiger charge is -2.31. The molecule has 2 aromatic heterocycles. The van der Waals surface area contributed by atoms with Crippen LogP contribution in [0.4, 0.5) is 15.9 Å². The van der Waals surface area contributed by atoms with Gasteiger partial charge < -0.3 is 15.3 Å². The molecule has 2 N–H and O–H groups in total. The van der Waals surface area contributed by atoms with Gasteiger partial charge >= 0.3 is 0 Å². The Bertz CT molecular complexity index is 1030. The second kappa shape index (κ2) is 7.91. The van der Waals surface area contributed by atoms with Crippen molar-refractivity contribution in [1.29, 1.82) is 0 Å². The van der Waals surface area contributed by atoms with E-state index in [2.05, 4.69) is 31.5 Å². The van der Waals surface area contributed by atoms with E-state index in [0.717, 1.165) is 59.3 Å². The highest BCUT2D eigenvalue weighted by atomic mass is 19.1. The normalized spacial score (nSPS) is 16.2. The van der Waals surface area contributed by atoms with Crippen molar-refractivity contribution < 1.29 is 9.50 Å². The molecule has 0 unspecified atom stereocenters. The molecule has 4 rings (SSSR count). The summed E-state index contributed by atoms with van der Waals surface area (Å²) in [5, 5.41) is 22.8. The third-order valence-electron chi connectivity index (χ3n) is 5.65. The number of halogens is 1. The molecule has 0 aliphatic carbocycles. The highest BCUT2D eigenvalue weighted by Crippen LogP contribution is 2.30. The molecule has 7 heteroatoms. The minimum absolute atomic E-state index is 0.0652. The van der Waals surface area contributed by atoms with Crippen molar-refractivity contribution in [1.82, 2.24) is 15.2 Å². The number of rotatable bonds is 4. The zero-order valence-corrected chi connectivity index (χ0v) is 17.0.